The minimum absolute atomic E-state index is 0.0168. The second-order valence-electron chi connectivity index (χ2n) is 8.17. The first-order valence-electron chi connectivity index (χ1n) is 11.3. The number of fused-ring (bicyclic) bond motifs is 3. The van der Waals surface area contributed by atoms with Gasteiger partial charge < -0.3 is 15.1 Å². The predicted octanol–water partition coefficient (Wildman–Crippen LogP) is 3.76. The number of anilines is 1. The van der Waals surface area contributed by atoms with Gasteiger partial charge in [0.25, 0.3) is 0 Å². The van der Waals surface area contributed by atoms with Crippen LogP contribution in [0.4, 0.5) is 10.7 Å². The molecular formula is C24H26ClN7O. The van der Waals surface area contributed by atoms with Crippen molar-refractivity contribution < 1.29 is 4.79 Å². The number of nitrogens with zero attached hydrogens (tertiary/aromatic N) is 6. The van der Waals surface area contributed by atoms with Gasteiger partial charge in [-0.3, -0.25) is 0 Å². The first kappa shape index (κ1) is 21.5. The summed E-state index contributed by atoms with van der Waals surface area (Å²) >= 11 is 6.28. The number of rotatable bonds is 4. The van der Waals surface area contributed by atoms with Gasteiger partial charge in [0, 0.05) is 49.6 Å². The SMILES string of the molecule is CCNC(=O)N1CCCN(c2nc3cc(Cl)ccc3c3nnc(Cc4ccccc4)n23)CC1. The standard InChI is InChI=1S/C24H26ClN7O/c1-2-26-24(33)31-12-6-11-30(13-14-31)23-27-20-16-18(25)9-10-19(20)22-29-28-21(32(22)23)15-17-7-4-3-5-8-17/h3-5,7-10,16H,2,6,11-15H2,1H3,(H,26,33). The highest BCUT2D eigenvalue weighted by molar-refractivity contribution is 6.31. The van der Waals surface area contributed by atoms with Crippen molar-refractivity contribution in [3.05, 3.63) is 64.9 Å². The lowest BCUT2D eigenvalue weighted by atomic mass is 10.1. The molecule has 170 valence electrons. The van der Waals surface area contributed by atoms with E-state index < -0.39 is 0 Å². The second-order valence-corrected chi connectivity index (χ2v) is 8.61. The van der Waals surface area contributed by atoms with Crippen molar-refractivity contribution in [3.8, 4) is 0 Å². The van der Waals surface area contributed by atoms with Crippen molar-refractivity contribution in [2.45, 2.75) is 19.8 Å². The number of halogens is 1. The summed E-state index contributed by atoms with van der Waals surface area (Å²) < 4.78 is 2.06. The Hall–Kier alpha value is -3.39. The summed E-state index contributed by atoms with van der Waals surface area (Å²) in [4.78, 5) is 21.5. The van der Waals surface area contributed by atoms with Crippen LogP contribution >= 0.6 is 11.6 Å². The summed E-state index contributed by atoms with van der Waals surface area (Å²) in [5, 5.41) is 13.5. The van der Waals surface area contributed by atoms with E-state index in [1.807, 2.05) is 48.2 Å². The molecule has 1 aliphatic rings. The number of hydrogen-bond acceptors (Lipinski definition) is 5. The number of aromatic nitrogens is 4. The lowest BCUT2D eigenvalue weighted by Crippen LogP contribution is -2.42. The molecule has 33 heavy (non-hydrogen) atoms. The molecule has 0 unspecified atom stereocenters. The molecule has 1 saturated heterocycles. The summed E-state index contributed by atoms with van der Waals surface area (Å²) in [6, 6.07) is 15.9. The Balaban J connectivity index is 1.58. The molecule has 1 aliphatic heterocycles. The zero-order valence-corrected chi connectivity index (χ0v) is 19.3. The topological polar surface area (TPSA) is 78.7 Å². The Bertz CT molecular complexity index is 1290. The molecule has 8 nitrogen and oxygen atoms in total. The number of carbonyl (C=O) groups excluding carboxylic acids is 1. The normalized spacial score (nSPS) is 14.6. The van der Waals surface area contributed by atoms with Gasteiger partial charge in [0.1, 0.15) is 5.82 Å². The first-order chi connectivity index (χ1) is 16.1. The highest BCUT2D eigenvalue weighted by Crippen LogP contribution is 2.27. The maximum atomic E-state index is 12.4. The molecule has 5 rings (SSSR count). The van der Waals surface area contributed by atoms with Crippen molar-refractivity contribution in [3.63, 3.8) is 0 Å². The number of benzene rings is 2. The van der Waals surface area contributed by atoms with Crippen LogP contribution in [-0.4, -0.2) is 63.2 Å². The van der Waals surface area contributed by atoms with Gasteiger partial charge in [-0.2, -0.15) is 0 Å². The minimum Gasteiger partial charge on any atom is -0.340 e. The molecule has 2 amide bonds. The predicted molar refractivity (Wildman–Crippen MR) is 130 cm³/mol. The van der Waals surface area contributed by atoms with E-state index >= 15 is 0 Å². The monoisotopic (exact) mass is 463 g/mol. The number of amides is 2. The number of carbonyl (C=O) groups is 1. The summed E-state index contributed by atoms with van der Waals surface area (Å²) in [5.41, 5.74) is 2.71. The molecule has 2 aromatic carbocycles. The van der Waals surface area contributed by atoms with Crippen molar-refractivity contribution in [2.75, 3.05) is 37.6 Å². The Morgan fingerprint density at radius 3 is 2.73 bits per heavy atom. The number of nitrogens with one attached hydrogen (secondary N) is 1. The van der Waals surface area contributed by atoms with Crippen molar-refractivity contribution in [2.24, 2.45) is 0 Å². The zero-order valence-electron chi connectivity index (χ0n) is 18.5. The molecule has 0 atom stereocenters. The smallest absolute Gasteiger partial charge is 0.317 e. The Morgan fingerprint density at radius 1 is 1.06 bits per heavy atom. The molecule has 0 radical (unpaired) electrons. The molecule has 0 saturated carbocycles. The average molecular weight is 464 g/mol. The van der Waals surface area contributed by atoms with E-state index in [2.05, 4.69) is 36.9 Å². The van der Waals surface area contributed by atoms with Crippen LogP contribution in [0.2, 0.25) is 5.02 Å². The summed E-state index contributed by atoms with van der Waals surface area (Å²) in [5.74, 6) is 1.62. The average Bonchev–Trinajstić information content (AvgIpc) is 3.07. The molecule has 0 spiro atoms. The quantitative estimate of drug-likeness (QED) is 0.498. The molecular weight excluding hydrogens is 438 g/mol. The number of hydrogen-bond donors (Lipinski definition) is 1. The van der Waals surface area contributed by atoms with Crippen LogP contribution < -0.4 is 10.2 Å². The molecule has 4 aromatic rings. The summed E-state index contributed by atoms with van der Waals surface area (Å²) in [6.07, 6.45) is 1.50. The van der Waals surface area contributed by atoms with E-state index in [9.17, 15) is 4.79 Å². The van der Waals surface area contributed by atoms with Gasteiger partial charge in [-0.25, -0.2) is 14.2 Å². The van der Waals surface area contributed by atoms with Crippen LogP contribution in [-0.2, 0) is 6.42 Å². The Labute approximate surface area is 197 Å². The van der Waals surface area contributed by atoms with Crippen LogP contribution in [0, 0.1) is 0 Å². The molecule has 1 N–H and O–H groups in total. The maximum Gasteiger partial charge on any atom is 0.317 e. The largest absolute Gasteiger partial charge is 0.340 e. The van der Waals surface area contributed by atoms with Crippen LogP contribution in [0.1, 0.15) is 24.7 Å². The lowest BCUT2D eigenvalue weighted by molar-refractivity contribution is 0.202. The van der Waals surface area contributed by atoms with Crippen LogP contribution in [0.25, 0.3) is 16.6 Å². The number of urea groups is 1. The molecule has 0 aliphatic carbocycles. The second kappa shape index (κ2) is 9.23. The first-order valence-corrected chi connectivity index (χ1v) is 11.7. The van der Waals surface area contributed by atoms with Gasteiger partial charge in [-0.05, 0) is 37.1 Å². The molecule has 1 fully saturated rings. The van der Waals surface area contributed by atoms with E-state index in [1.54, 1.807) is 0 Å². The fraction of sp³-hybridized carbons (Fsp3) is 0.333. The van der Waals surface area contributed by atoms with Gasteiger partial charge in [0.15, 0.2) is 5.65 Å². The van der Waals surface area contributed by atoms with E-state index in [0.717, 1.165) is 46.9 Å². The summed E-state index contributed by atoms with van der Waals surface area (Å²) in [7, 11) is 0. The Morgan fingerprint density at radius 2 is 1.91 bits per heavy atom. The fourth-order valence-electron chi connectivity index (χ4n) is 4.33. The summed E-state index contributed by atoms with van der Waals surface area (Å²) in [6.45, 7) is 5.35. The highest BCUT2D eigenvalue weighted by Gasteiger charge is 2.24. The van der Waals surface area contributed by atoms with E-state index in [0.29, 0.717) is 37.6 Å². The van der Waals surface area contributed by atoms with Crippen molar-refractivity contribution in [1.82, 2.24) is 29.8 Å². The van der Waals surface area contributed by atoms with Crippen LogP contribution in [0.15, 0.2) is 48.5 Å². The van der Waals surface area contributed by atoms with Crippen molar-refractivity contribution >= 4 is 40.1 Å². The van der Waals surface area contributed by atoms with Gasteiger partial charge in [0.05, 0.1) is 5.52 Å². The maximum absolute atomic E-state index is 12.4. The van der Waals surface area contributed by atoms with Crippen LogP contribution in [0.5, 0.6) is 0 Å². The van der Waals surface area contributed by atoms with E-state index in [1.165, 1.54) is 0 Å². The van der Waals surface area contributed by atoms with Crippen LogP contribution in [0.3, 0.4) is 0 Å². The van der Waals surface area contributed by atoms with Gasteiger partial charge in [-0.15, -0.1) is 10.2 Å². The van der Waals surface area contributed by atoms with Gasteiger partial charge in [0.2, 0.25) is 5.95 Å². The van der Waals surface area contributed by atoms with Gasteiger partial charge in [-0.1, -0.05) is 41.9 Å². The minimum atomic E-state index is -0.0168. The third-order valence-corrected chi connectivity index (χ3v) is 6.19. The molecule has 3 heterocycles. The van der Waals surface area contributed by atoms with E-state index in [4.69, 9.17) is 16.6 Å². The third kappa shape index (κ3) is 4.30. The van der Waals surface area contributed by atoms with Crippen molar-refractivity contribution in [1.29, 1.82) is 0 Å². The fourth-order valence-corrected chi connectivity index (χ4v) is 4.50. The Kier molecular flexibility index (Phi) is 6.00. The molecule has 0 bridgehead atoms. The third-order valence-electron chi connectivity index (χ3n) is 5.95. The molecule has 9 heteroatoms. The highest BCUT2D eigenvalue weighted by atomic mass is 35.5. The van der Waals surface area contributed by atoms with E-state index in [-0.39, 0.29) is 6.03 Å². The molecule has 2 aromatic heterocycles. The lowest BCUT2D eigenvalue weighted by Gasteiger charge is -2.24. The zero-order chi connectivity index (χ0) is 22.8. The van der Waals surface area contributed by atoms with Gasteiger partial charge >= 0.3 is 6.03 Å².